The Kier molecular flexibility index (Phi) is 5.32. The normalized spacial score (nSPS) is 11.2. The number of aryl methyl sites for hydroxylation is 2. The van der Waals surface area contributed by atoms with E-state index in [2.05, 4.69) is 20.9 Å². The van der Waals surface area contributed by atoms with Gasteiger partial charge in [0.05, 0.1) is 5.69 Å². The number of rotatable bonds is 4. The molecule has 0 saturated heterocycles. The van der Waals surface area contributed by atoms with Gasteiger partial charge in [-0.1, -0.05) is 34.1 Å². The van der Waals surface area contributed by atoms with Gasteiger partial charge < -0.3 is 4.74 Å². The fourth-order valence-electron chi connectivity index (χ4n) is 2.56. The lowest BCUT2D eigenvalue weighted by atomic mass is 10.1. The van der Waals surface area contributed by atoms with Gasteiger partial charge in [0.15, 0.2) is 0 Å². The molecule has 132 valence electrons. The Hall–Kier alpha value is -2.73. The molecule has 0 radical (unpaired) electrons. The van der Waals surface area contributed by atoms with Crippen molar-refractivity contribution in [1.82, 2.24) is 9.38 Å². The first-order valence-electron chi connectivity index (χ1n) is 8.03. The van der Waals surface area contributed by atoms with Crippen LogP contribution in [0.2, 0.25) is 0 Å². The summed E-state index contributed by atoms with van der Waals surface area (Å²) in [5, 5.41) is 0. The third-order valence-corrected chi connectivity index (χ3v) is 4.54. The van der Waals surface area contributed by atoms with E-state index in [9.17, 15) is 9.59 Å². The van der Waals surface area contributed by atoms with E-state index >= 15 is 0 Å². The highest BCUT2D eigenvalue weighted by Crippen LogP contribution is 2.19. The van der Waals surface area contributed by atoms with Crippen LogP contribution in [-0.4, -0.2) is 15.4 Å². The quantitative estimate of drug-likeness (QED) is 0.482. The van der Waals surface area contributed by atoms with Crippen molar-refractivity contribution in [3.8, 4) is 0 Å². The molecule has 0 aliphatic carbocycles. The number of esters is 1. The minimum atomic E-state index is -0.497. The molecule has 5 nitrogen and oxygen atoms in total. The number of hydrogen-bond donors (Lipinski definition) is 0. The summed E-state index contributed by atoms with van der Waals surface area (Å²) in [5.74, 6) is -0.497. The molecule has 2 heterocycles. The van der Waals surface area contributed by atoms with Gasteiger partial charge in [-0.15, -0.1) is 0 Å². The molecule has 3 aromatic rings. The summed E-state index contributed by atoms with van der Waals surface area (Å²) < 4.78 is 7.61. The Morgan fingerprint density at radius 1 is 1.23 bits per heavy atom. The van der Waals surface area contributed by atoms with Gasteiger partial charge in [0.2, 0.25) is 0 Å². The van der Waals surface area contributed by atoms with Gasteiger partial charge in [0.25, 0.3) is 5.56 Å². The molecule has 0 aliphatic rings. The maximum atomic E-state index is 12.2. The summed E-state index contributed by atoms with van der Waals surface area (Å²) >= 11 is 3.46. The van der Waals surface area contributed by atoms with Gasteiger partial charge >= 0.3 is 5.97 Å². The third kappa shape index (κ3) is 4.08. The van der Waals surface area contributed by atoms with Crippen LogP contribution in [0.3, 0.4) is 0 Å². The lowest BCUT2D eigenvalue weighted by Crippen LogP contribution is -2.18. The van der Waals surface area contributed by atoms with Gasteiger partial charge in [0.1, 0.15) is 12.3 Å². The van der Waals surface area contributed by atoms with Crippen LogP contribution in [0.1, 0.15) is 22.5 Å². The average Bonchev–Trinajstić information content (AvgIpc) is 2.59. The highest BCUT2D eigenvalue weighted by atomic mass is 79.9. The molecular formula is C20H17BrN2O3. The summed E-state index contributed by atoms with van der Waals surface area (Å²) in [6, 6.07) is 12.6. The highest BCUT2D eigenvalue weighted by Gasteiger charge is 2.06. The number of pyridine rings is 1. The number of benzene rings is 1. The fraction of sp³-hybridized carbons (Fsp3) is 0.150. The number of nitrogens with zero attached hydrogens (tertiary/aromatic N) is 2. The second-order valence-electron chi connectivity index (χ2n) is 5.91. The standard InChI is InChI=1S/C20H17BrN2O3/c1-13-6-7-15(17(21)10-13)8-9-20(25)26-12-16-11-19(24)23-14(2)4-3-5-18(23)22-16/h3-11H,12H2,1-2H3/b9-8+. The highest BCUT2D eigenvalue weighted by molar-refractivity contribution is 9.10. The van der Waals surface area contributed by atoms with Crippen molar-refractivity contribution >= 4 is 33.6 Å². The van der Waals surface area contributed by atoms with Crippen molar-refractivity contribution in [3.63, 3.8) is 0 Å². The van der Waals surface area contributed by atoms with Crippen LogP contribution in [-0.2, 0) is 16.1 Å². The van der Waals surface area contributed by atoms with Crippen LogP contribution < -0.4 is 5.56 Å². The first-order valence-corrected chi connectivity index (χ1v) is 8.82. The molecule has 0 saturated carbocycles. The second-order valence-corrected chi connectivity index (χ2v) is 6.77. The lowest BCUT2D eigenvalue weighted by Gasteiger charge is -2.06. The van der Waals surface area contributed by atoms with Crippen LogP contribution in [0, 0.1) is 13.8 Å². The molecule has 0 bridgehead atoms. The molecule has 0 amide bonds. The molecule has 26 heavy (non-hydrogen) atoms. The molecule has 0 atom stereocenters. The van der Waals surface area contributed by atoms with E-state index in [-0.39, 0.29) is 12.2 Å². The summed E-state index contributed by atoms with van der Waals surface area (Å²) in [6.45, 7) is 3.77. The minimum absolute atomic E-state index is 0.0576. The zero-order chi connectivity index (χ0) is 18.7. The van der Waals surface area contributed by atoms with Gasteiger partial charge in [0, 0.05) is 22.3 Å². The van der Waals surface area contributed by atoms with Crippen molar-refractivity contribution < 1.29 is 9.53 Å². The van der Waals surface area contributed by atoms with E-state index in [0.717, 1.165) is 21.3 Å². The number of carbonyl (C=O) groups is 1. The molecule has 0 N–H and O–H groups in total. The van der Waals surface area contributed by atoms with E-state index in [4.69, 9.17) is 4.74 Å². The number of aromatic nitrogens is 2. The monoisotopic (exact) mass is 412 g/mol. The van der Waals surface area contributed by atoms with Crippen molar-refractivity contribution in [2.75, 3.05) is 0 Å². The van der Waals surface area contributed by atoms with Crippen LogP contribution in [0.5, 0.6) is 0 Å². The second kappa shape index (κ2) is 7.66. The van der Waals surface area contributed by atoms with Gasteiger partial charge in [-0.3, -0.25) is 9.20 Å². The molecule has 3 rings (SSSR count). The number of halogens is 1. The third-order valence-electron chi connectivity index (χ3n) is 3.85. The van der Waals surface area contributed by atoms with E-state index in [1.807, 2.05) is 44.2 Å². The largest absolute Gasteiger partial charge is 0.456 e. The van der Waals surface area contributed by atoms with Gasteiger partial charge in [-0.05, 0) is 49.2 Å². The summed E-state index contributed by atoms with van der Waals surface area (Å²) in [7, 11) is 0. The Balaban J connectivity index is 1.71. The Morgan fingerprint density at radius 3 is 2.81 bits per heavy atom. The van der Waals surface area contributed by atoms with Crippen molar-refractivity contribution in [3.05, 3.63) is 85.9 Å². The zero-order valence-electron chi connectivity index (χ0n) is 14.4. The maximum absolute atomic E-state index is 12.2. The molecule has 0 fully saturated rings. The summed E-state index contributed by atoms with van der Waals surface area (Å²) in [4.78, 5) is 28.5. The molecule has 1 aromatic carbocycles. The molecule has 2 aromatic heterocycles. The van der Waals surface area contributed by atoms with Crippen LogP contribution in [0.25, 0.3) is 11.7 Å². The van der Waals surface area contributed by atoms with Crippen molar-refractivity contribution in [1.29, 1.82) is 0 Å². The van der Waals surface area contributed by atoms with E-state index in [0.29, 0.717) is 11.3 Å². The SMILES string of the molecule is Cc1ccc(/C=C/C(=O)OCc2cc(=O)n3c(C)cccc3n2)c(Br)c1. The molecule has 6 heteroatoms. The van der Waals surface area contributed by atoms with Crippen LogP contribution in [0.4, 0.5) is 0 Å². The van der Waals surface area contributed by atoms with Crippen LogP contribution in [0.15, 0.2) is 57.8 Å². The molecule has 0 unspecified atom stereocenters. The van der Waals surface area contributed by atoms with E-state index < -0.39 is 5.97 Å². The average molecular weight is 413 g/mol. The smallest absolute Gasteiger partial charge is 0.331 e. The Morgan fingerprint density at radius 2 is 2.04 bits per heavy atom. The minimum Gasteiger partial charge on any atom is -0.456 e. The number of carbonyl (C=O) groups excluding carboxylic acids is 1. The van der Waals surface area contributed by atoms with Crippen LogP contribution >= 0.6 is 15.9 Å². The van der Waals surface area contributed by atoms with E-state index in [1.165, 1.54) is 16.5 Å². The molecule has 0 aliphatic heterocycles. The van der Waals surface area contributed by atoms with Gasteiger partial charge in [-0.2, -0.15) is 0 Å². The maximum Gasteiger partial charge on any atom is 0.331 e. The molecule has 0 spiro atoms. The Bertz CT molecular complexity index is 1070. The predicted molar refractivity (Wildman–Crippen MR) is 104 cm³/mol. The topological polar surface area (TPSA) is 60.7 Å². The summed E-state index contributed by atoms with van der Waals surface area (Å²) in [6.07, 6.45) is 3.03. The number of ether oxygens (including phenoxy) is 1. The van der Waals surface area contributed by atoms with Crippen molar-refractivity contribution in [2.24, 2.45) is 0 Å². The first kappa shape index (κ1) is 18.1. The summed E-state index contributed by atoms with van der Waals surface area (Å²) in [5.41, 5.74) is 3.56. The number of hydrogen-bond acceptors (Lipinski definition) is 4. The van der Waals surface area contributed by atoms with Gasteiger partial charge in [-0.25, -0.2) is 9.78 Å². The predicted octanol–water partition coefficient (Wildman–Crippen LogP) is 3.83. The molecular weight excluding hydrogens is 396 g/mol. The number of fused-ring (bicyclic) bond motifs is 1. The first-order chi connectivity index (χ1) is 12.4. The zero-order valence-corrected chi connectivity index (χ0v) is 16.0. The van der Waals surface area contributed by atoms with E-state index in [1.54, 1.807) is 12.1 Å². The fourth-order valence-corrected chi connectivity index (χ4v) is 3.18. The van der Waals surface area contributed by atoms with Crippen molar-refractivity contribution in [2.45, 2.75) is 20.5 Å². The Labute approximate surface area is 159 Å². The lowest BCUT2D eigenvalue weighted by molar-refractivity contribution is -0.139.